The first-order valence-corrected chi connectivity index (χ1v) is 5.26. The molecule has 0 spiro atoms. The van der Waals surface area contributed by atoms with Gasteiger partial charge in [0.25, 0.3) is 0 Å². The summed E-state index contributed by atoms with van der Waals surface area (Å²) in [5, 5.41) is 4.20. The van der Waals surface area contributed by atoms with E-state index in [0.717, 1.165) is 29.4 Å². The highest BCUT2D eigenvalue weighted by Gasteiger charge is 2.26. The summed E-state index contributed by atoms with van der Waals surface area (Å²) in [6, 6.07) is 3.82. The Kier molecular flexibility index (Phi) is 2.55. The Balaban J connectivity index is 2.52. The van der Waals surface area contributed by atoms with Gasteiger partial charge in [0.15, 0.2) is 0 Å². The molecule has 1 atom stereocenters. The summed E-state index contributed by atoms with van der Waals surface area (Å²) < 4.78 is 5.28. The average Bonchev–Trinajstić information content (AvgIpc) is 2.63. The molecule has 0 radical (unpaired) electrons. The number of rotatable bonds is 2. The SMILES string of the molecule is CCC1CNc2c(OC)ccc(Cl)c21. The summed E-state index contributed by atoms with van der Waals surface area (Å²) in [7, 11) is 1.68. The lowest BCUT2D eigenvalue weighted by atomic mass is 9.98. The zero-order valence-electron chi connectivity index (χ0n) is 8.43. The van der Waals surface area contributed by atoms with Crippen LogP contribution in [0.25, 0.3) is 0 Å². The van der Waals surface area contributed by atoms with Crippen molar-refractivity contribution in [1.29, 1.82) is 0 Å². The van der Waals surface area contributed by atoms with E-state index >= 15 is 0 Å². The van der Waals surface area contributed by atoms with Gasteiger partial charge in [-0.15, -0.1) is 0 Å². The van der Waals surface area contributed by atoms with Crippen molar-refractivity contribution in [2.24, 2.45) is 0 Å². The van der Waals surface area contributed by atoms with Crippen LogP contribution in [-0.4, -0.2) is 13.7 Å². The van der Waals surface area contributed by atoms with Gasteiger partial charge in [0.1, 0.15) is 5.75 Å². The van der Waals surface area contributed by atoms with Crippen LogP contribution < -0.4 is 10.1 Å². The van der Waals surface area contributed by atoms with E-state index in [4.69, 9.17) is 16.3 Å². The molecule has 2 rings (SSSR count). The van der Waals surface area contributed by atoms with Gasteiger partial charge in [-0.2, -0.15) is 0 Å². The first kappa shape index (κ1) is 9.66. The lowest BCUT2D eigenvalue weighted by Crippen LogP contribution is -1.99. The molecule has 1 aromatic rings. The number of ether oxygens (including phenoxy) is 1. The van der Waals surface area contributed by atoms with Gasteiger partial charge >= 0.3 is 0 Å². The number of benzene rings is 1. The molecule has 1 aliphatic rings. The van der Waals surface area contributed by atoms with Crippen LogP contribution in [0.15, 0.2) is 12.1 Å². The molecule has 0 bridgehead atoms. The molecule has 0 saturated carbocycles. The molecule has 1 aliphatic heterocycles. The minimum absolute atomic E-state index is 0.521. The van der Waals surface area contributed by atoms with Crippen molar-refractivity contribution in [3.63, 3.8) is 0 Å². The summed E-state index contributed by atoms with van der Waals surface area (Å²) in [5.74, 6) is 1.41. The topological polar surface area (TPSA) is 21.3 Å². The van der Waals surface area contributed by atoms with Crippen LogP contribution in [0, 0.1) is 0 Å². The van der Waals surface area contributed by atoms with E-state index in [1.54, 1.807) is 7.11 Å². The summed E-state index contributed by atoms with van der Waals surface area (Å²) in [6.45, 7) is 3.14. The van der Waals surface area contributed by atoms with Crippen LogP contribution in [0.1, 0.15) is 24.8 Å². The van der Waals surface area contributed by atoms with E-state index < -0.39 is 0 Å². The summed E-state index contributed by atoms with van der Waals surface area (Å²) in [5.41, 5.74) is 2.29. The lowest BCUT2D eigenvalue weighted by Gasteiger charge is -2.10. The van der Waals surface area contributed by atoms with E-state index in [9.17, 15) is 0 Å². The van der Waals surface area contributed by atoms with Crippen LogP contribution >= 0.6 is 11.6 Å². The second kappa shape index (κ2) is 3.70. The fourth-order valence-electron chi connectivity index (χ4n) is 2.00. The van der Waals surface area contributed by atoms with Crippen LogP contribution in [0.2, 0.25) is 5.02 Å². The maximum absolute atomic E-state index is 6.18. The molecule has 76 valence electrons. The van der Waals surface area contributed by atoms with Crippen molar-refractivity contribution in [3.8, 4) is 5.75 Å². The Morgan fingerprint density at radius 3 is 3.00 bits per heavy atom. The number of nitrogens with one attached hydrogen (secondary N) is 1. The zero-order chi connectivity index (χ0) is 10.1. The minimum atomic E-state index is 0.521. The monoisotopic (exact) mass is 211 g/mol. The fourth-order valence-corrected chi connectivity index (χ4v) is 2.31. The molecule has 2 nitrogen and oxygen atoms in total. The van der Waals surface area contributed by atoms with E-state index in [-0.39, 0.29) is 0 Å². The fraction of sp³-hybridized carbons (Fsp3) is 0.455. The van der Waals surface area contributed by atoms with Crippen molar-refractivity contribution < 1.29 is 4.74 Å². The predicted molar refractivity (Wildman–Crippen MR) is 59.5 cm³/mol. The van der Waals surface area contributed by atoms with Gasteiger partial charge in [0.05, 0.1) is 12.8 Å². The molecule has 1 aromatic carbocycles. The standard InChI is InChI=1S/C11H14ClNO/c1-3-7-6-13-11-9(14-2)5-4-8(12)10(7)11/h4-5,7,13H,3,6H2,1-2H3. The highest BCUT2D eigenvalue weighted by atomic mass is 35.5. The summed E-state index contributed by atoms with van der Waals surface area (Å²) in [6.07, 6.45) is 1.10. The zero-order valence-corrected chi connectivity index (χ0v) is 9.19. The molecule has 0 amide bonds. The second-order valence-electron chi connectivity index (χ2n) is 3.52. The second-order valence-corrected chi connectivity index (χ2v) is 3.93. The molecule has 14 heavy (non-hydrogen) atoms. The first-order chi connectivity index (χ1) is 6.77. The van der Waals surface area contributed by atoms with Gasteiger partial charge in [-0.3, -0.25) is 0 Å². The van der Waals surface area contributed by atoms with Crippen LogP contribution in [0.4, 0.5) is 5.69 Å². The van der Waals surface area contributed by atoms with Crippen molar-refractivity contribution in [1.82, 2.24) is 0 Å². The Morgan fingerprint density at radius 2 is 2.36 bits per heavy atom. The van der Waals surface area contributed by atoms with Gasteiger partial charge in [0.2, 0.25) is 0 Å². The largest absolute Gasteiger partial charge is 0.495 e. The van der Waals surface area contributed by atoms with Crippen molar-refractivity contribution in [2.45, 2.75) is 19.3 Å². The number of halogens is 1. The summed E-state index contributed by atoms with van der Waals surface area (Å²) >= 11 is 6.18. The maximum Gasteiger partial charge on any atom is 0.142 e. The van der Waals surface area contributed by atoms with Crippen molar-refractivity contribution in [2.75, 3.05) is 19.0 Å². The van der Waals surface area contributed by atoms with Gasteiger partial charge < -0.3 is 10.1 Å². The lowest BCUT2D eigenvalue weighted by molar-refractivity contribution is 0.416. The Morgan fingerprint density at radius 1 is 1.57 bits per heavy atom. The summed E-state index contributed by atoms with van der Waals surface area (Å²) in [4.78, 5) is 0. The molecular formula is C11H14ClNO. The van der Waals surface area contributed by atoms with Crippen LogP contribution in [0.3, 0.4) is 0 Å². The Hall–Kier alpha value is -0.890. The van der Waals surface area contributed by atoms with Gasteiger partial charge in [-0.1, -0.05) is 18.5 Å². The molecule has 1 N–H and O–H groups in total. The van der Waals surface area contributed by atoms with Crippen molar-refractivity contribution >= 4 is 17.3 Å². The van der Waals surface area contributed by atoms with E-state index in [1.807, 2.05) is 12.1 Å². The molecule has 1 heterocycles. The Labute approximate surface area is 89.2 Å². The highest BCUT2D eigenvalue weighted by molar-refractivity contribution is 6.32. The van der Waals surface area contributed by atoms with Crippen molar-refractivity contribution in [3.05, 3.63) is 22.7 Å². The normalized spacial score (nSPS) is 18.9. The third-order valence-electron chi connectivity index (χ3n) is 2.80. The number of hydrogen-bond acceptors (Lipinski definition) is 2. The number of methoxy groups -OCH3 is 1. The molecule has 1 unspecified atom stereocenters. The van der Waals surface area contributed by atoms with Gasteiger partial charge in [0, 0.05) is 23.0 Å². The molecule has 0 aromatic heterocycles. The molecular weight excluding hydrogens is 198 g/mol. The van der Waals surface area contributed by atoms with Gasteiger partial charge in [-0.25, -0.2) is 0 Å². The minimum Gasteiger partial charge on any atom is -0.495 e. The first-order valence-electron chi connectivity index (χ1n) is 4.88. The number of fused-ring (bicyclic) bond motifs is 1. The molecule has 0 saturated heterocycles. The highest BCUT2D eigenvalue weighted by Crippen LogP contribution is 2.43. The smallest absolute Gasteiger partial charge is 0.142 e. The van der Waals surface area contributed by atoms with E-state index in [1.165, 1.54) is 5.56 Å². The van der Waals surface area contributed by atoms with E-state index in [2.05, 4.69) is 12.2 Å². The number of anilines is 1. The van der Waals surface area contributed by atoms with Gasteiger partial charge in [-0.05, 0) is 18.6 Å². The third-order valence-corrected chi connectivity index (χ3v) is 3.13. The molecule has 3 heteroatoms. The average molecular weight is 212 g/mol. The van der Waals surface area contributed by atoms with Crippen LogP contribution in [0.5, 0.6) is 5.75 Å². The maximum atomic E-state index is 6.18. The quantitative estimate of drug-likeness (QED) is 0.811. The Bertz CT molecular complexity index is 351. The molecule has 0 fully saturated rings. The predicted octanol–water partition coefficient (Wildman–Crippen LogP) is 3.27. The van der Waals surface area contributed by atoms with Crippen LogP contribution in [-0.2, 0) is 0 Å². The molecule has 0 aliphatic carbocycles. The number of hydrogen-bond donors (Lipinski definition) is 1. The van der Waals surface area contributed by atoms with E-state index in [0.29, 0.717) is 5.92 Å². The third kappa shape index (κ3) is 1.34.